The Morgan fingerprint density at radius 3 is 3.05 bits per heavy atom. The van der Waals surface area contributed by atoms with Gasteiger partial charge in [-0.3, -0.25) is 0 Å². The predicted molar refractivity (Wildman–Crippen MR) is 75.0 cm³/mol. The number of anilines is 1. The molecule has 1 saturated heterocycles. The number of nitrogens with one attached hydrogen (secondary N) is 1. The van der Waals surface area contributed by atoms with Crippen LogP contribution in [-0.2, 0) is 9.84 Å². The Hall–Kier alpha value is -1.21. The van der Waals surface area contributed by atoms with Gasteiger partial charge in [0.1, 0.15) is 9.84 Å². The third-order valence-corrected chi connectivity index (χ3v) is 4.16. The Morgan fingerprint density at radius 2 is 2.37 bits per heavy atom. The van der Waals surface area contributed by atoms with Crippen molar-refractivity contribution >= 4 is 15.7 Å². The Balaban J connectivity index is 1.84. The second-order valence-corrected chi connectivity index (χ2v) is 7.21. The highest BCUT2D eigenvalue weighted by Gasteiger charge is 2.20. The minimum absolute atomic E-state index is 0.189. The van der Waals surface area contributed by atoms with Gasteiger partial charge in [0, 0.05) is 38.1 Å². The maximum absolute atomic E-state index is 11.1. The van der Waals surface area contributed by atoms with Crippen molar-refractivity contribution in [2.24, 2.45) is 0 Å². The van der Waals surface area contributed by atoms with E-state index < -0.39 is 9.84 Å². The van der Waals surface area contributed by atoms with E-state index in [2.05, 4.69) is 20.4 Å². The van der Waals surface area contributed by atoms with E-state index in [9.17, 15) is 8.42 Å². The maximum Gasteiger partial charge on any atom is 0.151 e. The van der Waals surface area contributed by atoms with Gasteiger partial charge >= 0.3 is 0 Å². The van der Waals surface area contributed by atoms with Crippen molar-refractivity contribution in [3.63, 3.8) is 0 Å². The molecule has 1 fully saturated rings. The minimum atomic E-state index is -2.89. The van der Waals surface area contributed by atoms with Crippen molar-refractivity contribution in [2.45, 2.75) is 18.9 Å². The molecule has 2 rings (SSSR count). The molecular weight excluding hydrogens is 264 g/mol. The van der Waals surface area contributed by atoms with Crippen LogP contribution in [0.1, 0.15) is 12.8 Å². The molecule has 1 aromatic rings. The number of piperidine rings is 1. The van der Waals surface area contributed by atoms with Gasteiger partial charge in [-0.2, -0.15) is 5.10 Å². The highest BCUT2D eigenvalue weighted by molar-refractivity contribution is 7.90. The van der Waals surface area contributed by atoms with E-state index in [1.165, 1.54) is 6.26 Å². The van der Waals surface area contributed by atoms with E-state index in [4.69, 9.17) is 0 Å². The van der Waals surface area contributed by atoms with Gasteiger partial charge in [-0.05, 0) is 25.0 Å². The molecule has 2 heterocycles. The standard InChI is InChI=1S/C12H20N4O2S/c1-19(17,18)9-7-13-11-4-3-8-16(10-11)12-5-2-6-14-15-12/h2,5-6,11,13H,3-4,7-10H2,1H3/t11-/m0/s1. The average Bonchev–Trinajstić information content (AvgIpc) is 2.39. The summed E-state index contributed by atoms with van der Waals surface area (Å²) in [6, 6.07) is 4.15. The molecular formula is C12H20N4O2S. The van der Waals surface area contributed by atoms with Crippen LogP contribution in [0.25, 0.3) is 0 Å². The van der Waals surface area contributed by atoms with Crippen LogP contribution in [0.4, 0.5) is 5.82 Å². The molecule has 19 heavy (non-hydrogen) atoms. The monoisotopic (exact) mass is 284 g/mol. The smallest absolute Gasteiger partial charge is 0.151 e. The summed E-state index contributed by atoms with van der Waals surface area (Å²) in [5.41, 5.74) is 0. The summed E-state index contributed by atoms with van der Waals surface area (Å²) in [5, 5.41) is 11.3. The third kappa shape index (κ3) is 4.76. The van der Waals surface area contributed by atoms with Gasteiger partial charge in [-0.15, -0.1) is 5.10 Å². The summed E-state index contributed by atoms with van der Waals surface area (Å²) in [6.07, 6.45) is 5.07. The summed E-state index contributed by atoms with van der Waals surface area (Å²) in [5.74, 6) is 1.08. The van der Waals surface area contributed by atoms with E-state index in [0.717, 1.165) is 31.7 Å². The van der Waals surface area contributed by atoms with Gasteiger partial charge in [0.25, 0.3) is 0 Å². The number of sulfone groups is 1. The number of nitrogens with zero attached hydrogens (tertiary/aromatic N) is 3. The molecule has 1 N–H and O–H groups in total. The second kappa shape index (κ2) is 6.29. The van der Waals surface area contributed by atoms with Gasteiger partial charge in [0.15, 0.2) is 5.82 Å². The summed E-state index contributed by atoms with van der Waals surface area (Å²) < 4.78 is 22.2. The summed E-state index contributed by atoms with van der Waals surface area (Å²) in [7, 11) is -2.89. The average molecular weight is 284 g/mol. The van der Waals surface area contributed by atoms with Gasteiger partial charge in [-0.1, -0.05) is 0 Å². The molecule has 0 saturated carbocycles. The second-order valence-electron chi connectivity index (χ2n) is 4.95. The molecule has 6 nitrogen and oxygen atoms in total. The fourth-order valence-corrected chi connectivity index (χ4v) is 2.75. The van der Waals surface area contributed by atoms with Gasteiger partial charge in [0.05, 0.1) is 5.75 Å². The Labute approximate surface area is 114 Å². The van der Waals surface area contributed by atoms with Crippen molar-refractivity contribution < 1.29 is 8.42 Å². The number of hydrogen-bond acceptors (Lipinski definition) is 6. The van der Waals surface area contributed by atoms with Crippen molar-refractivity contribution in [2.75, 3.05) is 36.5 Å². The van der Waals surface area contributed by atoms with Crippen LogP contribution >= 0.6 is 0 Å². The first-order valence-electron chi connectivity index (χ1n) is 6.48. The summed E-state index contributed by atoms with van der Waals surface area (Å²) in [4.78, 5) is 2.19. The van der Waals surface area contributed by atoms with Crippen LogP contribution in [-0.4, -0.2) is 56.3 Å². The molecule has 0 aromatic carbocycles. The first-order valence-corrected chi connectivity index (χ1v) is 8.54. The maximum atomic E-state index is 11.1. The number of hydrogen-bond donors (Lipinski definition) is 1. The van der Waals surface area contributed by atoms with Gasteiger partial charge < -0.3 is 10.2 Å². The first-order chi connectivity index (χ1) is 9.04. The van der Waals surface area contributed by atoms with Crippen molar-refractivity contribution in [1.82, 2.24) is 15.5 Å². The Bertz CT molecular complexity index is 492. The molecule has 1 atom stereocenters. The molecule has 1 aliphatic rings. The van der Waals surface area contributed by atoms with Crippen LogP contribution < -0.4 is 10.2 Å². The lowest BCUT2D eigenvalue weighted by molar-refractivity contribution is 0.429. The fourth-order valence-electron chi connectivity index (χ4n) is 2.26. The molecule has 0 unspecified atom stereocenters. The Kier molecular flexibility index (Phi) is 4.71. The lowest BCUT2D eigenvalue weighted by atomic mass is 10.1. The third-order valence-electron chi connectivity index (χ3n) is 3.21. The molecule has 0 radical (unpaired) electrons. The highest BCUT2D eigenvalue weighted by Crippen LogP contribution is 2.16. The molecule has 0 aliphatic carbocycles. The van der Waals surface area contributed by atoms with Crippen molar-refractivity contribution in [3.05, 3.63) is 18.3 Å². The molecule has 0 spiro atoms. The lowest BCUT2D eigenvalue weighted by Crippen LogP contribution is -2.47. The van der Waals surface area contributed by atoms with Crippen LogP contribution in [0.15, 0.2) is 18.3 Å². The summed E-state index contributed by atoms with van der Waals surface area (Å²) >= 11 is 0. The van der Waals surface area contributed by atoms with E-state index in [1.807, 2.05) is 12.1 Å². The van der Waals surface area contributed by atoms with E-state index >= 15 is 0 Å². The lowest BCUT2D eigenvalue weighted by Gasteiger charge is -2.33. The topological polar surface area (TPSA) is 75.2 Å². The SMILES string of the molecule is CS(=O)(=O)CCN[C@H]1CCCN(c2cccnn2)C1. The molecule has 7 heteroatoms. The van der Waals surface area contributed by atoms with E-state index in [-0.39, 0.29) is 5.75 Å². The number of aromatic nitrogens is 2. The zero-order chi connectivity index (χ0) is 13.7. The molecule has 0 amide bonds. The highest BCUT2D eigenvalue weighted by atomic mass is 32.2. The molecule has 106 valence electrons. The van der Waals surface area contributed by atoms with Crippen LogP contribution in [0.2, 0.25) is 0 Å². The molecule has 1 aromatic heterocycles. The van der Waals surface area contributed by atoms with Crippen LogP contribution in [0.3, 0.4) is 0 Å². The normalized spacial score (nSPS) is 20.5. The van der Waals surface area contributed by atoms with Gasteiger partial charge in [0.2, 0.25) is 0 Å². The number of rotatable bonds is 5. The molecule has 0 bridgehead atoms. The van der Waals surface area contributed by atoms with Crippen molar-refractivity contribution in [1.29, 1.82) is 0 Å². The van der Waals surface area contributed by atoms with Crippen molar-refractivity contribution in [3.8, 4) is 0 Å². The Morgan fingerprint density at radius 1 is 1.53 bits per heavy atom. The van der Waals surface area contributed by atoms with Gasteiger partial charge in [-0.25, -0.2) is 8.42 Å². The quantitative estimate of drug-likeness (QED) is 0.825. The predicted octanol–water partition coefficient (Wildman–Crippen LogP) is 0.0796. The van der Waals surface area contributed by atoms with Crippen LogP contribution in [0, 0.1) is 0 Å². The molecule has 1 aliphatic heterocycles. The van der Waals surface area contributed by atoms with Crippen LogP contribution in [0.5, 0.6) is 0 Å². The van der Waals surface area contributed by atoms with E-state index in [1.54, 1.807) is 6.20 Å². The fraction of sp³-hybridized carbons (Fsp3) is 0.667. The minimum Gasteiger partial charge on any atom is -0.354 e. The summed E-state index contributed by atoms with van der Waals surface area (Å²) in [6.45, 7) is 2.34. The zero-order valence-electron chi connectivity index (χ0n) is 11.1. The van der Waals surface area contributed by atoms with E-state index in [0.29, 0.717) is 12.6 Å². The zero-order valence-corrected chi connectivity index (χ0v) is 11.9. The largest absolute Gasteiger partial charge is 0.354 e. The first kappa shape index (κ1) is 14.2.